The molecule has 0 aromatic heterocycles. The highest BCUT2D eigenvalue weighted by Gasteiger charge is 2.44. The van der Waals surface area contributed by atoms with Crippen LogP contribution in [0.3, 0.4) is 0 Å². The molecule has 0 heterocycles. The van der Waals surface area contributed by atoms with E-state index in [0.717, 1.165) is 0 Å². The molecule has 0 radical (unpaired) electrons. The third-order valence-electron chi connectivity index (χ3n) is 4.35. The number of methoxy groups -OCH3 is 1. The Morgan fingerprint density at radius 2 is 1.48 bits per heavy atom. The van der Waals surface area contributed by atoms with Crippen LogP contribution in [0.15, 0.2) is 0 Å². The van der Waals surface area contributed by atoms with E-state index in [1.807, 2.05) is 13.8 Å². The fourth-order valence-corrected chi connectivity index (χ4v) is 3.38. The van der Waals surface area contributed by atoms with Crippen molar-refractivity contribution in [1.29, 1.82) is 0 Å². The first-order chi connectivity index (χ1) is 11.0. The highest BCUT2D eigenvalue weighted by molar-refractivity contribution is 6.74. The van der Waals surface area contributed by atoms with E-state index in [0.29, 0.717) is 0 Å². The van der Waals surface area contributed by atoms with Crippen LogP contribution in [0.4, 0.5) is 4.79 Å². The van der Waals surface area contributed by atoms with Gasteiger partial charge in [0, 0.05) is 0 Å². The lowest BCUT2D eigenvalue weighted by atomic mass is 10.00. The number of hydrogen-bond donors (Lipinski definition) is 1. The Morgan fingerprint density at radius 3 is 1.80 bits per heavy atom. The van der Waals surface area contributed by atoms with Crippen molar-refractivity contribution in [3.8, 4) is 0 Å². The van der Waals surface area contributed by atoms with E-state index in [2.05, 4.69) is 39.2 Å². The number of hydrogen-bond acceptors (Lipinski definition) is 5. The Hall–Kier alpha value is -1.08. The van der Waals surface area contributed by atoms with Crippen molar-refractivity contribution in [2.24, 2.45) is 5.92 Å². The minimum atomic E-state index is -2.15. The smallest absolute Gasteiger partial charge is 0.408 e. The van der Waals surface area contributed by atoms with E-state index < -0.39 is 38.1 Å². The summed E-state index contributed by atoms with van der Waals surface area (Å²) in [5.74, 6) is -0.531. The molecule has 2 atom stereocenters. The maximum atomic E-state index is 12.3. The molecule has 0 aromatic carbocycles. The molecule has 0 aliphatic heterocycles. The van der Waals surface area contributed by atoms with Crippen molar-refractivity contribution >= 4 is 20.4 Å². The molecule has 0 aliphatic rings. The van der Waals surface area contributed by atoms with Crippen LogP contribution in [0.5, 0.6) is 0 Å². The van der Waals surface area contributed by atoms with Crippen LogP contribution in [-0.4, -0.2) is 45.2 Å². The van der Waals surface area contributed by atoms with Gasteiger partial charge in [0.05, 0.1) is 13.2 Å². The van der Waals surface area contributed by atoms with Gasteiger partial charge in [0.1, 0.15) is 5.60 Å². The van der Waals surface area contributed by atoms with Gasteiger partial charge in [0.2, 0.25) is 0 Å². The van der Waals surface area contributed by atoms with Crippen LogP contribution < -0.4 is 5.32 Å². The van der Waals surface area contributed by atoms with Crippen LogP contribution in [0.25, 0.3) is 0 Å². The number of carbonyl (C=O) groups is 2. The van der Waals surface area contributed by atoms with Crippen molar-refractivity contribution in [3.05, 3.63) is 0 Å². The first-order valence-corrected chi connectivity index (χ1v) is 11.7. The third kappa shape index (κ3) is 7.77. The van der Waals surface area contributed by atoms with E-state index in [1.165, 1.54) is 7.11 Å². The molecule has 148 valence electrons. The van der Waals surface area contributed by atoms with Gasteiger partial charge in [-0.1, -0.05) is 34.6 Å². The molecular weight excluding hydrogens is 338 g/mol. The van der Waals surface area contributed by atoms with Gasteiger partial charge < -0.3 is 19.2 Å². The monoisotopic (exact) mass is 375 g/mol. The number of ether oxygens (including phenoxy) is 2. The maximum Gasteiger partial charge on any atom is 0.408 e. The van der Waals surface area contributed by atoms with Crippen LogP contribution in [0, 0.1) is 5.92 Å². The SMILES string of the molecule is COC(=O)[C@H](NC(=O)OC(C)(C)C)[C@@H](O[Si](C)(C)C(C)(C)C)C(C)C. The predicted molar refractivity (Wildman–Crippen MR) is 102 cm³/mol. The molecule has 0 unspecified atom stereocenters. The van der Waals surface area contributed by atoms with Gasteiger partial charge in [-0.15, -0.1) is 0 Å². The first-order valence-electron chi connectivity index (χ1n) is 8.77. The summed E-state index contributed by atoms with van der Waals surface area (Å²) in [6, 6.07) is -0.922. The topological polar surface area (TPSA) is 73.9 Å². The lowest BCUT2D eigenvalue weighted by molar-refractivity contribution is -0.146. The van der Waals surface area contributed by atoms with Crippen molar-refractivity contribution in [3.63, 3.8) is 0 Å². The molecule has 0 bridgehead atoms. The van der Waals surface area contributed by atoms with E-state index in [9.17, 15) is 9.59 Å². The van der Waals surface area contributed by atoms with Crippen LogP contribution in [-0.2, 0) is 18.7 Å². The molecule has 0 spiro atoms. The summed E-state index contributed by atoms with van der Waals surface area (Å²) < 4.78 is 16.6. The zero-order chi connectivity index (χ0) is 20.2. The normalized spacial score (nSPS) is 15.5. The van der Waals surface area contributed by atoms with Gasteiger partial charge in [0.25, 0.3) is 0 Å². The Balaban J connectivity index is 5.56. The molecule has 1 amide bonds. The highest BCUT2D eigenvalue weighted by Crippen LogP contribution is 2.38. The molecular formula is C18H37NO5Si. The van der Waals surface area contributed by atoms with E-state index >= 15 is 0 Å². The Labute approximate surface area is 154 Å². The summed E-state index contributed by atoms with van der Waals surface area (Å²) in [5, 5.41) is 2.62. The van der Waals surface area contributed by atoms with Crippen LogP contribution in [0.2, 0.25) is 18.1 Å². The van der Waals surface area contributed by atoms with Gasteiger partial charge >= 0.3 is 12.1 Å². The summed E-state index contributed by atoms with van der Waals surface area (Å²) in [6.07, 6.45) is -1.16. The Bertz CT molecular complexity index is 463. The minimum absolute atomic E-state index is 0.00756. The average Bonchev–Trinajstić information content (AvgIpc) is 2.38. The molecule has 0 fully saturated rings. The predicted octanol–water partition coefficient (Wildman–Crippen LogP) is 4.10. The zero-order valence-electron chi connectivity index (χ0n) is 17.8. The van der Waals surface area contributed by atoms with Crippen molar-refractivity contribution in [1.82, 2.24) is 5.32 Å². The maximum absolute atomic E-state index is 12.3. The molecule has 6 nitrogen and oxygen atoms in total. The van der Waals surface area contributed by atoms with Crippen LogP contribution in [0.1, 0.15) is 55.4 Å². The number of nitrogens with one attached hydrogen (secondary N) is 1. The second-order valence-corrected chi connectivity index (χ2v) is 14.0. The van der Waals surface area contributed by atoms with Crippen molar-refractivity contribution in [2.45, 2.75) is 91.3 Å². The zero-order valence-corrected chi connectivity index (χ0v) is 18.8. The number of alkyl carbamates (subject to hydrolysis) is 1. The van der Waals surface area contributed by atoms with E-state index in [4.69, 9.17) is 13.9 Å². The lowest BCUT2D eigenvalue weighted by Crippen LogP contribution is -2.57. The summed E-state index contributed by atoms with van der Waals surface area (Å²) in [5.41, 5.74) is -0.654. The molecule has 0 saturated carbocycles. The van der Waals surface area contributed by atoms with Gasteiger partial charge in [-0.05, 0) is 44.8 Å². The van der Waals surface area contributed by atoms with Crippen LogP contribution >= 0.6 is 0 Å². The lowest BCUT2D eigenvalue weighted by Gasteiger charge is -2.42. The molecule has 0 aliphatic carbocycles. The van der Waals surface area contributed by atoms with E-state index in [-0.39, 0.29) is 11.0 Å². The van der Waals surface area contributed by atoms with Gasteiger partial charge in [0.15, 0.2) is 14.4 Å². The number of rotatable bonds is 6. The molecule has 25 heavy (non-hydrogen) atoms. The second-order valence-electron chi connectivity index (χ2n) is 9.23. The Kier molecular flexibility index (Phi) is 8.16. The van der Waals surface area contributed by atoms with Gasteiger partial charge in [-0.25, -0.2) is 9.59 Å². The van der Waals surface area contributed by atoms with Crippen molar-refractivity contribution < 1.29 is 23.5 Å². The second kappa shape index (κ2) is 8.53. The highest BCUT2D eigenvalue weighted by atomic mass is 28.4. The largest absolute Gasteiger partial charge is 0.467 e. The summed E-state index contributed by atoms with van der Waals surface area (Å²) in [4.78, 5) is 24.5. The van der Waals surface area contributed by atoms with E-state index in [1.54, 1.807) is 20.8 Å². The molecule has 7 heteroatoms. The fraction of sp³-hybridized carbons (Fsp3) is 0.889. The van der Waals surface area contributed by atoms with Gasteiger partial charge in [-0.3, -0.25) is 0 Å². The first kappa shape index (κ1) is 23.9. The summed E-state index contributed by atoms with van der Waals surface area (Å²) in [7, 11) is -0.849. The number of carbonyl (C=O) groups excluding carboxylic acids is 2. The third-order valence-corrected chi connectivity index (χ3v) is 8.82. The molecule has 0 aromatic rings. The number of esters is 1. The number of amides is 1. The standard InChI is InChI=1S/C18H37NO5Si/c1-12(2)14(24-25(10,11)18(6,7)8)13(15(20)22-9)19-16(21)23-17(3,4)5/h12-14H,1-11H3,(H,19,21)/t13-,14+/m1/s1. The molecule has 0 saturated heterocycles. The van der Waals surface area contributed by atoms with Crippen molar-refractivity contribution in [2.75, 3.05) is 7.11 Å². The quantitative estimate of drug-likeness (QED) is 0.559. The Morgan fingerprint density at radius 1 is 1.00 bits per heavy atom. The molecule has 1 N–H and O–H groups in total. The summed E-state index contributed by atoms with van der Waals surface area (Å²) in [6.45, 7) is 19.9. The minimum Gasteiger partial charge on any atom is -0.467 e. The average molecular weight is 376 g/mol. The molecule has 0 rings (SSSR count). The van der Waals surface area contributed by atoms with Gasteiger partial charge in [-0.2, -0.15) is 0 Å². The fourth-order valence-electron chi connectivity index (χ4n) is 1.94. The summed E-state index contributed by atoms with van der Waals surface area (Å²) >= 11 is 0.